The molecule has 1 aromatic rings. The maximum Gasteiger partial charge on any atom is 0.137 e. The molecule has 0 bridgehead atoms. The van der Waals surface area contributed by atoms with Crippen molar-refractivity contribution in [3.05, 3.63) is 34.1 Å². The summed E-state index contributed by atoms with van der Waals surface area (Å²) in [6.07, 6.45) is 0. The van der Waals surface area contributed by atoms with Crippen LogP contribution in [0.1, 0.15) is 12.5 Å². The molecule has 0 aliphatic heterocycles. The second kappa shape index (κ2) is 5.44. The summed E-state index contributed by atoms with van der Waals surface area (Å²) in [6.45, 7) is 3.32. The zero-order valence-corrected chi connectivity index (χ0v) is 9.64. The van der Waals surface area contributed by atoms with Crippen LogP contribution in [0.3, 0.4) is 0 Å². The first-order valence-electron chi connectivity index (χ1n) is 4.51. The van der Waals surface area contributed by atoms with Crippen molar-refractivity contribution in [2.24, 2.45) is 5.73 Å². The molecule has 0 heterocycles. The van der Waals surface area contributed by atoms with Gasteiger partial charge in [0.05, 0.1) is 4.47 Å². The second-order valence-electron chi connectivity index (χ2n) is 3.27. The van der Waals surface area contributed by atoms with E-state index >= 15 is 0 Å². The molecule has 14 heavy (non-hydrogen) atoms. The second-order valence-corrected chi connectivity index (χ2v) is 4.12. The Kier molecular flexibility index (Phi) is 4.51. The Labute approximate surface area is 91.8 Å². The summed E-state index contributed by atoms with van der Waals surface area (Å²) in [5.74, 6) is -0.236. The van der Waals surface area contributed by atoms with Gasteiger partial charge in [0.15, 0.2) is 0 Å². The summed E-state index contributed by atoms with van der Waals surface area (Å²) in [5.41, 5.74) is 6.50. The van der Waals surface area contributed by atoms with Crippen LogP contribution in [-0.2, 0) is 6.54 Å². The van der Waals surface area contributed by atoms with Crippen LogP contribution in [0.15, 0.2) is 22.7 Å². The standard InChI is InChI=1S/C10H14BrFN2/c1-7(5-13)14-6-8-2-3-10(12)9(11)4-8/h2-4,7,14H,5-6,13H2,1H3. The molecule has 1 rings (SSSR count). The van der Waals surface area contributed by atoms with E-state index in [1.54, 1.807) is 12.1 Å². The van der Waals surface area contributed by atoms with E-state index in [0.29, 0.717) is 17.6 Å². The highest BCUT2D eigenvalue weighted by molar-refractivity contribution is 9.10. The number of nitrogens with two attached hydrogens (primary N) is 1. The third-order valence-electron chi connectivity index (χ3n) is 1.99. The van der Waals surface area contributed by atoms with Crippen LogP contribution in [0.5, 0.6) is 0 Å². The molecular weight excluding hydrogens is 247 g/mol. The summed E-state index contributed by atoms with van der Waals surface area (Å²) in [5, 5.41) is 3.23. The van der Waals surface area contributed by atoms with Gasteiger partial charge in [0.25, 0.3) is 0 Å². The highest BCUT2D eigenvalue weighted by atomic mass is 79.9. The van der Waals surface area contributed by atoms with Gasteiger partial charge in [0.2, 0.25) is 0 Å². The Morgan fingerprint density at radius 2 is 2.29 bits per heavy atom. The number of hydrogen-bond acceptors (Lipinski definition) is 2. The molecule has 0 amide bonds. The Morgan fingerprint density at radius 3 is 2.86 bits per heavy atom. The topological polar surface area (TPSA) is 38.0 Å². The molecule has 0 fully saturated rings. The molecule has 0 saturated heterocycles. The fourth-order valence-electron chi connectivity index (χ4n) is 1.03. The van der Waals surface area contributed by atoms with Crippen LogP contribution >= 0.6 is 15.9 Å². The van der Waals surface area contributed by atoms with E-state index in [-0.39, 0.29) is 11.9 Å². The van der Waals surface area contributed by atoms with Gasteiger partial charge in [-0.1, -0.05) is 6.07 Å². The van der Waals surface area contributed by atoms with Crippen LogP contribution in [-0.4, -0.2) is 12.6 Å². The van der Waals surface area contributed by atoms with Gasteiger partial charge in [0.1, 0.15) is 5.82 Å². The van der Waals surface area contributed by atoms with Crippen LogP contribution < -0.4 is 11.1 Å². The maximum absolute atomic E-state index is 12.9. The minimum absolute atomic E-state index is 0.236. The van der Waals surface area contributed by atoms with Crippen LogP contribution in [0.25, 0.3) is 0 Å². The van der Waals surface area contributed by atoms with E-state index < -0.39 is 0 Å². The van der Waals surface area contributed by atoms with E-state index in [2.05, 4.69) is 21.2 Å². The SMILES string of the molecule is CC(CN)NCc1ccc(F)c(Br)c1. The summed E-state index contributed by atoms with van der Waals surface area (Å²) in [7, 11) is 0. The summed E-state index contributed by atoms with van der Waals surface area (Å²) in [6, 6.07) is 5.26. The first-order chi connectivity index (χ1) is 6.63. The van der Waals surface area contributed by atoms with Crippen molar-refractivity contribution in [3.63, 3.8) is 0 Å². The molecule has 1 aromatic carbocycles. The Balaban J connectivity index is 2.55. The number of nitrogens with one attached hydrogen (secondary N) is 1. The maximum atomic E-state index is 12.9. The fourth-order valence-corrected chi connectivity index (χ4v) is 1.45. The van der Waals surface area contributed by atoms with Gasteiger partial charge < -0.3 is 11.1 Å². The van der Waals surface area contributed by atoms with E-state index in [1.807, 2.05) is 6.92 Å². The molecule has 0 spiro atoms. The van der Waals surface area contributed by atoms with Crippen LogP contribution in [0.4, 0.5) is 4.39 Å². The largest absolute Gasteiger partial charge is 0.329 e. The van der Waals surface area contributed by atoms with Crippen molar-refractivity contribution in [3.8, 4) is 0 Å². The summed E-state index contributed by atoms with van der Waals surface area (Å²) >= 11 is 3.14. The Hall–Kier alpha value is -0.450. The predicted octanol–water partition coefficient (Wildman–Crippen LogP) is 2.02. The van der Waals surface area contributed by atoms with E-state index in [4.69, 9.17) is 5.73 Å². The first-order valence-corrected chi connectivity index (χ1v) is 5.30. The molecule has 0 aliphatic rings. The molecule has 78 valence electrons. The lowest BCUT2D eigenvalue weighted by atomic mass is 10.2. The normalized spacial score (nSPS) is 12.9. The van der Waals surface area contributed by atoms with Gasteiger partial charge in [0, 0.05) is 19.1 Å². The summed E-state index contributed by atoms with van der Waals surface area (Å²) in [4.78, 5) is 0. The average molecular weight is 261 g/mol. The minimum atomic E-state index is -0.236. The van der Waals surface area contributed by atoms with Gasteiger partial charge in [-0.2, -0.15) is 0 Å². The molecule has 1 unspecified atom stereocenters. The third kappa shape index (κ3) is 3.36. The van der Waals surface area contributed by atoms with Gasteiger partial charge in [-0.3, -0.25) is 0 Å². The molecule has 1 atom stereocenters. The van der Waals surface area contributed by atoms with Crippen molar-refractivity contribution in [1.82, 2.24) is 5.32 Å². The highest BCUT2D eigenvalue weighted by Gasteiger charge is 2.01. The lowest BCUT2D eigenvalue weighted by Crippen LogP contribution is -2.32. The zero-order chi connectivity index (χ0) is 10.6. The lowest BCUT2D eigenvalue weighted by molar-refractivity contribution is 0.555. The van der Waals surface area contributed by atoms with Crippen molar-refractivity contribution in [2.45, 2.75) is 19.5 Å². The van der Waals surface area contributed by atoms with Gasteiger partial charge in [-0.25, -0.2) is 4.39 Å². The van der Waals surface area contributed by atoms with E-state index in [0.717, 1.165) is 5.56 Å². The van der Waals surface area contributed by atoms with Crippen molar-refractivity contribution in [1.29, 1.82) is 0 Å². The zero-order valence-electron chi connectivity index (χ0n) is 8.06. The van der Waals surface area contributed by atoms with Gasteiger partial charge >= 0.3 is 0 Å². The van der Waals surface area contributed by atoms with Crippen molar-refractivity contribution in [2.75, 3.05) is 6.54 Å². The van der Waals surface area contributed by atoms with Crippen LogP contribution in [0.2, 0.25) is 0 Å². The van der Waals surface area contributed by atoms with Crippen LogP contribution in [0, 0.1) is 5.82 Å². The number of benzene rings is 1. The molecule has 3 N–H and O–H groups in total. The van der Waals surface area contributed by atoms with E-state index in [1.165, 1.54) is 6.07 Å². The quantitative estimate of drug-likeness (QED) is 0.870. The molecule has 0 radical (unpaired) electrons. The molecule has 0 saturated carbocycles. The Bertz CT molecular complexity index is 304. The Morgan fingerprint density at radius 1 is 1.57 bits per heavy atom. The summed E-state index contributed by atoms with van der Waals surface area (Å²) < 4.78 is 13.4. The molecule has 0 aromatic heterocycles. The minimum Gasteiger partial charge on any atom is -0.329 e. The average Bonchev–Trinajstić information content (AvgIpc) is 2.19. The van der Waals surface area contributed by atoms with Crippen molar-refractivity contribution >= 4 is 15.9 Å². The number of hydrogen-bond donors (Lipinski definition) is 2. The first kappa shape index (κ1) is 11.6. The predicted molar refractivity (Wildman–Crippen MR) is 59.5 cm³/mol. The number of halogens is 2. The highest BCUT2D eigenvalue weighted by Crippen LogP contribution is 2.16. The van der Waals surface area contributed by atoms with E-state index in [9.17, 15) is 4.39 Å². The third-order valence-corrected chi connectivity index (χ3v) is 2.60. The molecule has 0 aliphatic carbocycles. The molecular formula is C10H14BrFN2. The van der Waals surface area contributed by atoms with Gasteiger partial charge in [-0.05, 0) is 40.5 Å². The molecule has 4 heteroatoms. The monoisotopic (exact) mass is 260 g/mol. The fraction of sp³-hybridized carbons (Fsp3) is 0.400. The molecule has 2 nitrogen and oxygen atoms in total. The van der Waals surface area contributed by atoms with Gasteiger partial charge in [-0.15, -0.1) is 0 Å². The lowest BCUT2D eigenvalue weighted by Gasteiger charge is -2.11. The smallest absolute Gasteiger partial charge is 0.137 e. The van der Waals surface area contributed by atoms with Crippen molar-refractivity contribution < 1.29 is 4.39 Å². The number of rotatable bonds is 4.